The Kier molecular flexibility index (Phi) is 2.83. The van der Waals surface area contributed by atoms with Crippen LogP contribution in [0.25, 0.3) is 0 Å². The molecule has 2 N–H and O–H groups in total. The second-order valence-corrected chi connectivity index (χ2v) is 5.80. The van der Waals surface area contributed by atoms with Crippen molar-refractivity contribution in [1.82, 2.24) is 4.90 Å². The van der Waals surface area contributed by atoms with Crippen LogP contribution in [-0.2, 0) is 13.1 Å². The van der Waals surface area contributed by atoms with Gasteiger partial charge in [0.05, 0.1) is 0 Å². The number of anilines is 1. The van der Waals surface area contributed by atoms with Gasteiger partial charge in [-0.3, -0.25) is 4.90 Å². The van der Waals surface area contributed by atoms with Crippen LogP contribution in [-0.4, -0.2) is 10.9 Å². The van der Waals surface area contributed by atoms with Crippen LogP contribution in [0.1, 0.15) is 43.7 Å². The van der Waals surface area contributed by atoms with E-state index in [2.05, 4.69) is 24.0 Å². The number of nitrogens with two attached hydrogens (primary N) is 1. The molecule has 0 saturated heterocycles. The van der Waals surface area contributed by atoms with E-state index in [0.717, 1.165) is 30.7 Å². The highest BCUT2D eigenvalue weighted by atomic mass is 15.2. The van der Waals surface area contributed by atoms with Crippen LogP contribution < -0.4 is 5.73 Å². The lowest BCUT2D eigenvalue weighted by Crippen LogP contribution is -2.33. The molecule has 2 heteroatoms. The average Bonchev–Trinajstić information content (AvgIpc) is 2.75. The molecular weight excluding hydrogens is 208 g/mol. The summed E-state index contributed by atoms with van der Waals surface area (Å²) in [5.41, 5.74) is 9.87. The Morgan fingerprint density at radius 1 is 1.12 bits per heavy atom. The monoisotopic (exact) mass is 230 g/mol. The van der Waals surface area contributed by atoms with Gasteiger partial charge in [0.1, 0.15) is 0 Å². The summed E-state index contributed by atoms with van der Waals surface area (Å²) < 4.78 is 0. The van der Waals surface area contributed by atoms with E-state index < -0.39 is 0 Å². The number of rotatable bonds is 1. The minimum Gasteiger partial charge on any atom is -0.398 e. The Morgan fingerprint density at radius 2 is 1.88 bits per heavy atom. The van der Waals surface area contributed by atoms with Crippen LogP contribution in [0.2, 0.25) is 0 Å². The van der Waals surface area contributed by atoms with Gasteiger partial charge in [-0.05, 0) is 48.8 Å². The van der Waals surface area contributed by atoms with Crippen LogP contribution in [0.4, 0.5) is 5.69 Å². The highest BCUT2D eigenvalue weighted by Gasteiger charge is 2.29. The first-order valence-corrected chi connectivity index (χ1v) is 6.84. The van der Waals surface area contributed by atoms with Gasteiger partial charge in [-0.2, -0.15) is 0 Å². The molecule has 0 spiro atoms. The first kappa shape index (κ1) is 11.1. The minimum absolute atomic E-state index is 0.790. The Balaban J connectivity index is 1.72. The van der Waals surface area contributed by atoms with Crippen molar-refractivity contribution in [3.05, 3.63) is 29.3 Å². The standard InChI is InChI=1S/C15H22N2/c1-11-5-7-13(8-6-11)17-9-12-3-2-4-15(16)14(12)10-17/h2-4,11,13H,5-10,16H2,1H3. The molecule has 2 nitrogen and oxygen atoms in total. The van der Waals surface area contributed by atoms with Crippen LogP contribution in [0.15, 0.2) is 18.2 Å². The predicted octanol–water partition coefficient (Wildman–Crippen LogP) is 3.16. The van der Waals surface area contributed by atoms with Gasteiger partial charge in [0.15, 0.2) is 0 Å². The second-order valence-electron chi connectivity index (χ2n) is 5.80. The predicted molar refractivity (Wildman–Crippen MR) is 71.5 cm³/mol. The zero-order valence-corrected chi connectivity index (χ0v) is 10.7. The summed E-state index contributed by atoms with van der Waals surface area (Å²) in [6.45, 7) is 4.56. The van der Waals surface area contributed by atoms with Crippen molar-refractivity contribution in [3.8, 4) is 0 Å². The maximum atomic E-state index is 6.06. The van der Waals surface area contributed by atoms with Gasteiger partial charge in [-0.1, -0.05) is 19.1 Å². The van der Waals surface area contributed by atoms with Crippen molar-refractivity contribution in [3.63, 3.8) is 0 Å². The van der Waals surface area contributed by atoms with Gasteiger partial charge in [-0.25, -0.2) is 0 Å². The van der Waals surface area contributed by atoms with E-state index in [1.165, 1.54) is 36.8 Å². The molecule has 1 aliphatic carbocycles. The molecule has 1 aromatic carbocycles. The van der Waals surface area contributed by atoms with Gasteiger partial charge >= 0.3 is 0 Å². The summed E-state index contributed by atoms with van der Waals surface area (Å²) in [6.07, 6.45) is 5.53. The molecule has 0 bridgehead atoms. The van der Waals surface area contributed by atoms with Crippen molar-refractivity contribution in [2.45, 2.75) is 51.7 Å². The molecule has 0 atom stereocenters. The highest BCUT2D eigenvalue weighted by Crippen LogP contribution is 2.34. The molecule has 1 aromatic rings. The van der Waals surface area contributed by atoms with Crippen molar-refractivity contribution < 1.29 is 0 Å². The smallest absolute Gasteiger partial charge is 0.0363 e. The number of benzene rings is 1. The fourth-order valence-corrected chi connectivity index (χ4v) is 3.34. The SMILES string of the molecule is CC1CCC(N2Cc3cccc(N)c3C2)CC1. The highest BCUT2D eigenvalue weighted by molar-refractivity contribution is 5.52. The number of fused-ring (bicyclic) bond motifs is 1. The Morgan fingerprint density at radius 3 is 2.59 bits per heavy atom. The van der Waals surface area contributed by atoms with Crippen LogP contribution in [0, 0.1) is 5.92 Å². The molecule has 1 heterocycles. The second kappa shape index (κ2) is 4.34. The third kappa shape index (κ3) is 2.06. The minimum atomic E-state index is 0.790. The van der Waals surface area contributed by atoms with Gasteiger partial charge in [0.2, 0.25) is 0 Å². The van der Waals surface area contributed by atoms with Crippen molar-refractivity contribution in [1.29, 1.82) is 0 Å². The first-order valence-electron chi connectivity index (χ1n) is 6.84. The lowest BCUT2D eigenvalue weighted by atomic mass is 9.87. The molecule has 17 heavy (non-hydrogen) atoms. The molecule has 1 aliphatic heterocycles. The van der Waals surface area contributed by atoms with Gasteiger partial charge in [-0.15, -0.1) is 0 Å². The number of hydrogen-bond donors (Lipinski definition) is 1. The molecule has 1 saturated carbocycles. The van der Waals surface area contributed by atoms with Gasteiger partial charge < -0.3 is 5.73 Å². The first-order chi connectivity index (χ1) is 8.24. The van der Waals surface area contributed by atoms with Crippen molar-refractivity contribution in [2.75, 3.05) is 5.73 Å². The van der Waals surface area contributed by atoms with Crippen molar-refractivity contribution >= 4 is 5.69 Å². The van der Waals surface area contributed by atoms with E-state index >= 15 is 0 Å². The van der Waals surface area contributed by atoms with E-state index in [0.29, 0.717) is 0 Å². The number of hydrogen-bond acceptors (Lipinski definition) is 2. The lowest BCUT2D eigenvalue weighted by molar-refractivity contribution is 0.139. The third-order valence-corrected chi connectivity index (χ3v) is 4.55. The summed E-state index contributed by atoms with van der Waals surface area (Å²) in [5.74, 6) is 0.932. The van der Waals surface area contributed by atoms with Gasteiger partial charge in [0.25, 0.3) is 0 Å². The molecule has 1 fully saturated rings. The average molecular weight is 230 g/mol. The van der Waals surface area contributed by atoms with Gasteiger partial charge in [0, 0.05) is 24.8 Å². The molecule has 92 valence electrons. The third-order valence-electron chi connectivity index (χ3n) is 4.55. The van der Waals surface area contributed by atoms with Crippen LogP contribution >= 0.6 is 0 Å². The topological polar surface area (TPSA) is 29.3 Å². The largest absolute Gasteiger partial charge is 0.398 e. The van der Waals surface area contributed by atoms with E-state index in [1.54, 1.807) is 0 Å². The van der Waals surface area contributed by atoms with Crippen LogP contribution in [0.3, 0.4) is 0 Å². The van der Waals surface area contributed by atoms with E-state index in [9.17, 15) is 0 Å². The van der Waals surface area contributed by atoms with Crippen molar-refractivity contribution in [2.24, 2.45) is 5.92 Å². The summed E-state index contributed by atoms with van der Waals surface area (Å²) >= 11 is 0. The summed E-state index contributed by atoms with van der Waals surface area (Å²) in [5, 5.41) is 0. The summed E-state index contributed by atoms with van der Waals surface area (Å²) in [4.78, 5) is 2.63. The fourth-order valence-electron chi connectivity index (χ4n) is 3.34. The number of nitrogens with zero attached hydrogens (tertiary/aromatic N) is 1. The molecule has 3 rings (SSSR count). The molecule has 0 aromatic heterocycles. The Hall–Kier alpha value is -1.02. The van der Waals surface area contributed by atoms with Crippen LogP contribution in [0.5, 0.6) is 0 Å². The molecule has 0 radical (unpaired) electrons. The molecular formula is C15H22N2. The Bertz CT molecular complexity index is 405. The normalized spacial score (nSPS) is 29.2. The Labute approximate surface area is 104 Å². The summed E-state index contributed by atoms with van der Waals surface area (Å²) in [6, 6.07) is 7.14. The maximum Gasteiger partial charge on any atom is 0.0363 e. The molecule has 2 aliphatic rings. The zero-order valence-electron chi connectivity index (χ0n) is 10.7. The van der Waals surface area contributed by atoms with E-state index in [1.807, 2.05) is 6.07 Å². The zero-order chi connectivity index (χ0) is 11.8. The molecule has 0 amide bonds. The number of nitrogen functional groups attached to an aromatic ring is 1. The molecule has 0 unspecified atom stereocenters. The quantitative estimate of drug-likeness (QED) is 0.751. The maximum absolute atomic E-state index is 6.06. The van der Waals surface area contributed by atoms with E-state index in [-0.39, 0.29) is 0 Å². The lowest BCUT2D eigenvalue weighted by Gasteiger charge is -2.33. The van der Waals surface area contributed by atoms with E-state index in [4.69, 9.17) is 5.73 Å². The summed E-state index contributed by atoms with van der Waals surface area (Å²) in [7, 11) is 0. The fraction of sp³-hybridized carbons (Fsp3) is 0.600.